The zero-order valence-electron chi connectivity index (χ0n) is 14.9. The Balaban J connectivity index is 1.48. The standard InChI is InChI=1S/C22H22N2O2/c1-16-15-18-5-2-3-6-20(18)24(16)22(26)13-10-17-8-11-19(12-9-17)23-14-4-7-21(23)25/h2-3,5-6,8-13,16H,4,7,14-15H2,1H3/b13-10+/t16-/m0/s1. The predicted molar refractivity (Wildman–Crippen MR) is 104 cm³/mol. The van der Waals surface area contributed by atoms with Gasteiger partial charge in [-0.05, 0) is 55.2 Å². The monoisotopic (exact) mass is 346 g/mol. The van der Waals surface area contributed by atoms with Crippen LogP contribution in [0.5, 0.6) is 0 Å². The van der Waals surface area contributed by atoms with E-state index < -0.39 is 0 Å². The molecule has 4 heteroatoms. The minimum absolute atomic E-state index is 0.00115. The molecule has 1 fully saturated rings. The first-order chi connectivity index (χ1) is 12.6. The average Bonchev–Trinajstić information content (AvgIpc) is 3.22. The van der Waals surface area contributed by atoms with Crippen LogP contribution in [0.25, 0.3) is 6.08 Å². The van der Waals surface area contributed by atoms with Gasteiger partial charge in [-0.3, -0.25) is 9.59 Å². The highest BCUT2D eigenvalue weighted by Crippen LogP contribution is 2.32. The van der Waals surface area contributed by atoms with Crippen LogP contribution in [0.3, 0.4) is 0 Å². The van der Waals surface area contributed by atoms with E-state index in [1.807, 2.05) is 58.3 Å². The van der Waals surface area contributed by atoms with E-state index in [1.165, 1.54) is 5.56 Å². The number of hydrogen-bond acceptors (Lipinski definition) is 2. The Morgan fingerprint density at radius 3 is 2.62 bits per heavy atom. The summed E-state index contributed by atoms with van der Waals surface area (Å²) in [7, 11) is 0. The van der Waals surface area contributed by atoms with Gasteiger partial charge in [-0.1, -0.05) is 30.3 Å². The van der Waals surface area contributed by atoms with Gasteiger partial charge in [0.05, 0.1) is 0 Å². The summed E-state index contributed by atoms with van der Waals surface area (Å²) < 4.78 is 0. The molecule has 0 N–H and O–H groups in total. The van der Waals surface area contributed by atoms with Crippen molar-refractivity contribution in [2.75, 3.05) is 16.3 Å². The van der Waals surface area contributed by atoms with Gasteiger partial charge in [-0.2, -0.15) is 0 Å². The highest BCUT2D eigenvalue weighted by atomic mass is 16.2. The molecule has 0 unspecified atom stereocenters. The van der Waals surface area contributed by atoms with E-state index in [0.717, 1.165) is 36.3 Å². The zero-order chi connectivity index (χ0) is 18.1. The maximum absolute atomic E-state index is 12.7. The molecule has 0 saturated carbocycles. The molecule has 1 saturated heterocycles. The third kappa shape index (κ3) is 3.03. The van der Waals surface area contributed by atoms with Crippen molar-refractivity contribution in [3.63, 3.8) is 0 Å². The van der Waals surface area contributed by atoms with E-state index >= 15 is 0 Å². The number of fused-ring (bicyclic) bond motifs is 1. The number of rotatable bonds is 3. The number of amides is 2. The maximum Gasteiger partial charge on any atom is 0.251 e. The molecule has 4 rings (SSSR count). The largest absolute Gasteiger partial charge is 0.312 e. The van der Waals surface area contributed by atoms with Crippen molar-refractivity contribution in [2.24, 2.45) is 0 Å². The van der Waals surface area contributed by atoms with E-state index in [9.17, 15) is 9.59 Å². The van der Waals surface area contributed by atoms with Crippen molar-refractivity contribution in [1.29, 1.82) is 0 Å². The summed E-state index contributed by atoms with van der Waals surface area (Å²) in [6.45, 7) is 2.87. The number of carbonyl (C=O) groups is 2. The Labute approximate surface area is 153 Å². The van der Waals surface area contributed by atoms with E-state index in [2.05, 4.69) is 13.0 Å². The fraction of sp³-hybridized carbons (Fsp3) is 0.273. The summed E-state index contributed by atoms with van der Waals surface area (Å²) in [5.74, 6) is 0.186. The lowest BCUT2D eigenvalue weighted by molar-refractivity contribution is -0.117. The van der Waals surface area contributed by atoms with E-state index in [0.29, 0.717) is 6.42 Å². The second-order valence-electron chi connectivity index (χ2n) is 6.96. The number of nitrogens with zero attached hydrogens (tertiary/aromatic N) is 2. The molecule has 26 heavy (non-hydrogen) atoms. The summed E-state index contributed by atoms with van der Waals surface area (Å²) in [4.78, 5) is 28.2. The first-order valence-corrected chi connectivity index (χ1v) is 9.13. The molecule has 2 heterocycles. The summed E-state index contributed by atoms with van der Waals surface area (Å²) in [5, 5.41) is 0. The Morgan fingerprint density at radius 1 is 1.12 bits per heavy atom. The average molecular weight is 346 g/mol. The predicted octanol–water partition coefficient (Wildman–Crippen LogP) is 3.80. The SMILES string of the molecule is C[C@H]1Cc2ccccc2N1C(=O)/C=C/c1ccc(N2CCCC2=O)cc1. The van der Waals surface area contributed by atoms with Crippen LogP contribution in [0.15, 0.2) is 54.6 Å². The quantitative estimate of drug-likeness (QED) is 0.793. The van der Waals surface area contributed by atoms with Crippen LogP contribution in [0.2, 0.25) is 0 Å². The van der Waals surface area contributed by atoms with E-state index in [4.69, 9.17) is 0 Å². The van der Waals surface area contributed by atoms with Gasteiger partial charge in [0.25, 0.3) is 5.91 Å². The van der Waals surface area contributed by atoms with Crippen molar-refractivity contribution < 1.29 is 9.59 Å². The molecule has 1 atom stereocenters. The lowest BCUT2D eigenvalue weighted by Crippen LogP contribution is -2.34. The van der Waals surface area contributed by atoms with Crippen molar-refractivity contribution >= 4 is 29.3 Å². The summed E-state index contributed by atoms with van der Waals surface area (Å²) >= 11 is 0. The molecule has 2 amide bonds. The van der Waals surface area contributed by atoms with Gasteiger partial charge in [0, 0.05) is 36.5 Å². The van der Waals surface area contributed by atoms with Gasteiger partial charge in [0.15, 0.2) is 0 Å². The van der Waals surface area contributed by atoms with Gasteiger partial charge in [-0.15, -0.1) is 0 Å². The maximum atomic E-state index is 12.7. The third-order valence-corrected chi connectivity index (χ3v) is 5.14. The van der Waals surface area contributed by atoms with E-state index in [1.54, 1.807) is 6.08 Å². The topological polar surface area (TPSA) is 40.6 Å². The minimum atomic E-state index is 0.00115. The normalized spacial score (nSPS) is 19.4. The van der Waals surface area contributed by atoms with Crippen molar-refractivity contribution in [2.45, 2.75) is 32.2 Å². The summed E-state index contributed by atoms with van der Waals surface area (Å²) in [6, 6.07) is 16.0. The molecule has 4 nitrogen and oxygen atoms in total. The second-order valence-corrected chi connectivity index (χ2v) is 6.96. The zero-order valence-corrected chi connectivity index (χ0v) is 14.9. The van der Waals surface area contributed by atoms with Gasteiger partial charge in [0.1, 0.15) is 0 Å². The molecule has 2 aliphatic heterocycles. The molecule has 0 aliphatic carbocycles. The molecular weight excluding hydrogens is 324 g/mol. The molecule has 2 aromatic carbocycles. The van der Waals surface area contributed by atoms with Crippen molar-refractivity contribution in [3.8, 4) is 0 Å². The van der Waals surface area contributed by atoms with Crippen LogP contribution < -0.4 is 9.80 Å². The van der Waals surface area contributed by atoms with Gasteiger partial charge in [-0.25, -0.2) is 0 Å². The van der Waals surface area contributed by atoms with Crippen LogP contribution in [-0.4, -0.2) is 24.4 Å². The molecular formula is C22H22N2O2. The van der Waals surface area contributed by atoms with Crippen LogP contribution in [-0.2, 0) is 16.0 Å². The van der Waals surface area contributed by atoms with E-state index in [-0.39, 0.29) is 17.9 Å². The lowest BCUT2D eigenvalue weighted by atomic mass is 10.1. The Morgan fingerprint density at radius 2 is 1.88 bits per heavy atom. The molecule has 2 aromatic rings. The second kappa shape index (κ2) is 6.79. The Hall–Kier alpha value is -2.88. The highest BCUT2D eigenvalue weighted by molar-refractivity contribution is 6.05. The van der Waals surface area contributed by atoms with Gasteiger partial charge >= 0.3 is 0 Å². The Kier molecular flexibility index (Phi) is 4.33. The number of benzene rings is 2. The fourth-order valence-electron chi connectivity index (χ4n) is 3.84. The van der Waals surface area contributed by atoms with Crippen molar-refractivity contribution in [3.05, 3.63) is 65.7 Å². The highest BCUT2D eigenvalue weighted by Gasteiger charge is 2.29. The molecule has 0 aromatic heterocycles. The number of para-hydroxylation sites is 1. The first-order valence-electron chi connectivity index (χ1n) is 9.13. The smallest absolute Gasteiger partial charge is 0.251 e. The molecule has 2 aliphatic rings. The van der Waals surface area contributed by atoms with Gasteiger partial charge in [0.2, 0.25) is 5.91 Å². The van der Waals surface area contributed by atoms with Crippen LogP contribution in [0.4, 0.5) is 11.4 Å². The summed E-state index contributed by atoms with van der Waals surface area (Å²) in [6.07, 6.45) is 5.92. The van der Waals surface area contributed by atoms with Gasteiger partial charge < -0.3 is 9.80 Å². The lowest BCUT2D eigenvalue weighted by Gasteiger charge is -2.21. The number of carbonyl (C=O) groups excluding carboxylic acids is 2. The number of hydrogen-bond donors (Lipinski definition) is 0. The fourth-order valence-corrected chi connectivity index (χ4v) is 3.84. The number of anilines is 2. The summed E-state index contributed by atoms with van der Waals surface area (Å²) in [5.41, 5.74) is 4.12. The minimum Gasteiger partial charge on any atom is -0.312 e. The molecule has 0 spiro atoms. The molecule has 0 bridgehead atoms. The Bertz CT molecular complexity index is 870. The van der Waals surface area contributed by atoms with Crippen LogP contribution in [0, 0.1) is 0 Å². The molecule has 0 radical (unpaired) electrons. The van der Waals surface area contributed by atoms with Crippen LogP contribution in [0.1, 0.15) is 30.9 Å². The third-order valence-electron chi connectivity index (χ3n) is 5.14. The van der Waals surface area contributed by atoms with Crippen molar-refractivity contribution in [1.82, 2.24) is 0 Å². The molecule has 132 valence electrons. The van der Waals surface area contributed by atoms with Crippen LogP contribution >= 0.6 is 0 Å². The first kappa shape index (κ1) is 16.6.